The van der Waals surface area contributed by atoms with Crippen LogP contribution in [0.1, 0.15) is 38.8 Å². The zero-order chi connectivity index (χ0) is 30.4. The molecule has 1 atom stereocenters. The van der Waals surface area contributed by atoms with Gasteiger partial charge in [0.1, 0.15) is 18.3 Å². The first-order valence-electron chi connectivity index (χ1n) is 13.3. The highest BCUT2D eigenvalue weighted by Gasteiger charge is 2.33. The van der Waals surface area contributed by atoms with Gasteiger partial charge in [0.15, 0.2) is 0 Å². The van der Waals surface area contributed by atoms with Crippen molar-refractivity contribution < 1.29 is 22.7 Å². The van der Waals surface area contributed by atoms with E-state index in [1.165, 1.54) is 24.1 Å². The molecule has 0 aliphatic carbocycles. The smallest absolute Gasteiger partial charge is 0.264 e. The van der Waals surface area contributed by atoms with Gasteiger partial charge >= 0.3 is 0 Å². The van der Waals surface area contributed by atoms with E-state index in [1.54, 1.807) is 37.3 Å². The second-order valence-corrected chi connectivity index (χ2v) is 13.6. The number of nitrogens with zero attached hydrogens (tertiary/aromatic N) is 2. The summed E-state index contributed by atoms with van der Waals surface area (Å²) in [5, 5.41) is 2.94. The number of hydrogen-bond acceptors (Lipinski definition) is 5. The number of halogens is 1. The van der Waals surface area contributed by atoms with Crippen LogP contribution in [0.2, 0.25) is 0 Å². The molecule has 1 N–H and O–H groups in total. The Hall–Kier alpha value is -3.37. The average Bonchev–Trinajstić information content (AvgIpc) is 2.91. The summed E-state index contributed by atoms with van der Waals surface area (Å²) in [5.41, 5.74) is 1.78. The monoisotopic (exact) mass is 643 g/mol. The van der Waals surface area contributed by atoms with Gasteiger partial charge in [-0.15, -0.1) is 0 Å². The number of hydrogen-bond donors (Lipinski definition) is 1. The number of amides is 2. The van der Waals surface area contributed by atoms with Crippen molar-refractivity contribution in [1.82, 2.24) is 10.2 Å². The molecular formula is C31H38BrN3O5S. The second-order valence-electron chi connectivity index (χ2n) is 10.9. The van der Waals surface area contributed by atoms with Gasteiger partial charge in [0, 0.05) is 12.1 Å². The van der Waals surface area contributed by atoms with E-state index in [0.717, 1.165) is 15.4 Å². The maximum atomic E-state index is 14.0. The Kier molecular flexibility index (Phi) is 10.6. The quantitative estimate of drug-likeness (QED) is 0.304. The van der Waals surface area contributed by atoms with Crippen molar-refractivity contribution in [2.45, 2.75) is 57.5 Å². The van der Waals surface area contributed by atoms with Crippen LogP contribution in [-0.4, -0.2) is 56.9 Å². The van der Waals surface area contributed by atoms with Crippen molar-refractivity contribution in [2.75, 3.05) is 24.5 Å². The highest BCUT2D eigenvalue weighted by atomic mass is 79.9. The summed E-state index contributed by atoms with van der Waals surface area (Å²) in [6.07, 6.45) is 0.502. The van der Waals surface area contributed by atoms with Gasteiger partial charge < -0.3 is 15.0 Å². The van der Waals surface area contributed by atoms with Gasteiger partial charge in [-0.3, -0.25) is 13.9 Å². The molecule has 0 aromatic heterocycles. The summed E-state index contributed by atoms with van der Waals surface area (Å²) in [7, 11) is -2.69. The van der Waals surface area contributed by atoms with Crippen LogP contribution in [0.5, 0.6) is 5.75 Å². The lowest BCUT2D eigenvalue weighted by Gasteiger charge is -2.33. The van der Waals surface area contributed by atoms with E-state index in [1.807, 2.05) is 58.0 Å². The topological polar surface area (TPSA) is 96.0 Å². The molecule has 0 aliphatic heterocycles. The molecule has 41 heavy (non-hydrogen) atoms. The number of aryl methyl sites for hydroxylation is 1. The van der Waals surface area contributed by atoms with E-state index in [9.17, 15) is 18.0 Å². The molecule has 10 heteroatoms. The largest absolute Gasteiger partial charge is 0.496 e. The predicted molar refractivity (Wildman–Crippen MR) is 166 cm³/mol. The number of methoxy groups -OCH3 is 1. The Balaban J connectivity index is 2.01. The molecule has 3 rings (SSSR count). The number of benzene rings is 3. The van der Waals surface area contributed by atoms with Crippen LogP contribution in [0, 0.1) is 6.92 Å². The summed E-state index contributed by atoms with van der Waals surface area (Å²) in [6.45, 7) is 8.91. The Labute approximate surface area is 251 Å². The molecular weight excluding hydrogens is 606 g/mol. The van der Waals surface area contributed by atoms with Crippen LogP contribution in [0.15, 0.2) is 82.2 Å². The van der Waals surface area contributed by atoms with Crippen LogP contribution in [-0.2, 0) is 26.0 Å². The van der Waals surface area contributed by atoms with E-state index in [4.69, 9.17) is 4.74 Å². The molecule has 1 unspecified atom stereocenters. The number of ether oxygens (including phenoxy) is 1. The van der Waals surface area contributed by atoms with Crippen molar-refractivity contribution in [2.24, 2.45) is 0 Å². The lowest BCUT2D eigenvalue weighted by molar-refractivity contribution is -0.139. The molecule has 220 valence electrons. The number of nitrogens with one attached hydrogen (secondary N) is 1. The summed E-state index contributed by atoms with van der Waals surface area (Å²) < 4.78 is 34.8. The average molecular weight is 645 g/mol. The van der Waals surface area contributed by atoms with E-state index in [-0.39, 0.29) is 17.3 Å². The molecule has 0 spiro atoms. The van der Waals surface area contributed by atoms with Crippen LogP contribution in [0.4, 0.5) is 5.69 Å². The van der Waals surface area contributed by atoms with Crippen LogP contribution >= 0.6 is 15.9 Å². The molecule has 8 nitrogen and oxygen atoms in total. The normalized spacial score (nSPS) is 12.4. The van der Waals surface area contributed by atoms with Gasteiger partial charge in [-0.1, -0.05) is 48.0 Å². The van der Waals surface area contributed by atoms with Gasteiger partial charge in [-0.05, 0) is 92.9 Å². The number of rotatable bonds is 11. The molecule has 3 aromatic carbocycles. The minimum atomic E-state index is -4.19. The number of anilines is 1. The number of carbonyl (C=O) groups excluding carboxylic acids is 2. The molecule has 3 aromatic rings. The molecule has 0 radical (unpaired) electrons. The highest BCUT2D eigenvalue weighted by Crippen LogP contribution is 2.31. The third-order valence-electron chi connectivity index (χ3n) is 6.46. The Morgan fingerprint density at radius 3 is 2.20 bits per heavy atom. The minimum absolute atomic E-state index is 0.00657. The lowest BCUT2D eigenvalue weighted by atomic mass is 10.1. The Bertz CT molecular complexity index is 1460. The molecule has 0 heterocycles. The Morgan fingerprint density at radius 2 is 1.63 bits per heavy atom. The maximum Gasteiger partial charge on any atom is 0.264 e. The van der Waals surface area contributed by atoms with Gasteiger partial charge in [-0.2, -0.15) is 0 Å². The van der Waals surface area contributed by atoms with E-state index in [2.05, 4.69) is 21.2 Å². The number of sulfonamides is 1. The first-order valence-corrected chi connectivity index (χ1v) is 15.5. The van der Waals surface area contributed by atoms with E-state index < -0.39 is 34.1 Å². The maximum absolute atomic E-state index is 14.0. The zero-order valence-corrected chi connectivity index (χ0v) is 26.8. The number of carbonyl (C=O) groups is 2. The Morgan fingerprint density at radius 1 is 1.00 bits per heavy atom. The molecule has 0 saturated heterocycles. The van der Waals surface area contributed by atoms with Crippen molar-refractivity contribution in [3.8, 4) is 5.75 Å². The second kappa shape index (κ2) is 13.5. The van der Waals surface area contributed by atoms with Crippen LogP contribution in [0.25, 0.3) is 0 Å². The van der Waals surface area contributed by atoms with Gasteiger partial charge in [0.25, 0.3) is 10.0 Å². The first-order chi connectivity index (χ1) is 19.2. The summed E-state index contributed by atoms with van der Waals surface area (Å²) in [4.78, 5) is 28.6. The van der Waals surface area contributed by atoms with Crippen molar-refractivity contribution in [3.05, 3.63) is 88.4 Å². The van der Waals surface area contributed by atoms with E-state index in [0.29, 0.717) is 22.3 Å². The van der Waals surface area contributed by atoms with Crippen LogP contribution in [0.3, 0.4) is 0 Å². The fourth-order valence-electron chi connectivity index (χ4n) is 4.22. The fourth-order valence-corrected chi connectivity index (χ4v) is 6.35. The van der Waals surface area contributed by atoms with Gasteiger partial charge in [0.05, 0.1) is 22.2 Å². The summed E-state index contributed by atoms with van der Waals surface area (Å²) in [5.74, 6) is -0.329. The van der Waals surface area contributed by atoms with Crippen molar-refractivity contribution >= 4 is 43.5 Å². The lowest BCUT2D eigenvalue weighted by Crippen LogP contribution is -2.55. The van der Waals surface area contributed by atoms with E-state index >= 15 is 0 Å². The highest BCUT2D eigenvalue weighted by molar-refractivity contribution is 9.10. The third kappa shape index (κ3) is 8.56. The summed E-state index contributed by atoms with van der Waals surface area (Å²) >= 11 is 3.36. The molecule has 0 fully saturated rings. The molecule has 0 bridgehead atoms. The van der Waals surface area contributed by atoms with Gasteiger partial charge in [-0.25, -0.2) is 8.42 Å². The predicted octanol–water partition coefficient (Wildman–Crippen LogP) is 5.34. The molecule has 0 aliphatic rings. The first kappa shape index (κ1) is 32.1. The standard InChI is InChI=1S/C31H38BrN3O5S/c1-22-12-14-25(15-13-22)35(41(38,39)26-16-17-28(40-6)27(32)20-26)21-29(36)34(19-18-24-10-8-7-9-11-24)23(2)30(37)33-31(3,4)5/h7-17,20,23H,18-19,21H2,1-6H3,(H,33,37). The minimum Gasteiger partial charge on any atom is -0.496 e. The third-order valence-corrected chi connectivity index (χ3v) is 8.85. The molecule has 2 amide bonds. The van der Waals surface area contributed by atoms with Crippen molar-refractivity contribution in [1.29, 1.82) is 0 Å². The SMILES string of the molecule is COc1ccc(S(=O)(=O)N(CC(=O)N(CCc2ccccc2)C(C)C(=O)NC(C)(C)C)c2ccc(C)cc2)cc1Br. The zero-order valence-electron chi connectivity index (χ0n) is 24.3. The fraction of sp³-hybridized carbons (Fsp3) is 0.355. The van der Waals surface area contributed by atoms with Crippen LogP contribution < -0.4 is 14.4 Å². The van der Waals surface area contributed by atoms with Gasteiger partial charge in [0.2, 0.25) is 11.8 Å². The molecule has 0 saturated carbocycles. The van der Waals surface area contributed by atoms with Crippen molar-refractivity contribution in [3.63, 3.8) is 0 Å². The summed E-state index contributed by atoms with van der Waals surface area (Å²) in [6, 6.07) is 20.2.